The molecule has 0 aliphatic rings. The molecule has 0 saturated carbocycles. The Morgan fingerprint density at radius 3 is 2.30 bits per heavy atom. The lowest BCUT2D eigenvalue weighted by Crippen LogP contribution is -2.22. The molecule has 2 atom stereocenters. The topological polar surface area (TPSA) is 48.1 Å². The lowest BCUT2D eigenvalue weighted by Gasteiger charge is -2.25. The van der Waals surface area contributed by atoms with E-state index in [1.54, 1.807) is 18.3 Å². The quantitative estimate of drug-likeness (QED) is 0.550. The van der Waals surface area contributed by atoms with Crippen LogP contribution in [0.4, 0.5) is 4.39 Å². The van der Waals surface area contributed by atoms with Gasteiger partial charge < -0.3 is 10.5 Å². The molecule has 0 aliphatic carbocycles. The minimum Gasteiger partial charge on any atom is -0.372 e. The zero-order valence-corrected chi connectivity index (χ0v) is 16.2. The number of nitrogens with zero attached hydrogens (tertiary/aromatic N) is 1. The van der Waals surface area contributed by atoms with E-state index in [4.69, 9.17) is 33.7 Å². The number of hydrogen-bond acceptors (Lipinski definition) is 3. The molecule has 0 radical (unpaired) electrons. The average molecular weight is 405 g/mol. The van der Waals surface area contributed by atoms with Crippen LogP contribution in [0.15, 0.2) is 60.9 Å². The first kappa shape index (κ1) is 19.8. The van der Waals surface area contributed by atoms with Crippen molar-refractivity contribution < 1.29 is 9.13 Å². The minimum absolute atomic E-state index is 0.355. The number of rotatable bonds is 6. The number of aromatic nitrogens is 1. The maximum atomic E-state index is 13.4. The van der Waals surface area contributed by atoms with Crippen LogP contribution in [-0.4, -0.2) is 11.6 Å². The Morgan fingerprint density at radius 2 is 1.67 bits per heavy atom. The predicted molar refractivity (Wildman–Crippen MR) is 107 cm³/mol. The van der Waals surface area contributed by atoms with Gasteiger partial charge in [-0.2, -0.15) is 0 Å². The summed E-state index contributed by atoms with van der Waals surface area (Å²) in [5, 5.41) is 0.933. The van der Waals surface area contributed by atoms with Crippen molar-refractivity contribution in [3.8, 4) is 11.1 Å². The fraction of sp³-hybridized carbons (Fsp3) is 0.190. The Kier molecular flexibility index (Phi) is 6.45. The second kappa shape index (κ2) is 8.81. The summed E-state index contributed by atoms with van der Waals surface area (Å²) in [7, 11) is 0. The lowest BCUT2D eigenvalue weighted by molar-refractivity contribution is 0.0429. The van der Waals surface area contributed by atoms with Gasteiger partial charge in [0.15, 0.2) is 0 Å². The number of pyridine rings is 1. The van der Waals surface area contributed by atoms with Crippen LogP contribution in [0.2, 0.25) is 10.0 Å². The summed E-state index contributed by atoms with van der Waals surface area (Å²) in [6, 6.07) is 14.0. The molecular formula is C21H19Cl2FN2O. The molecule has 3 nitrogen and oxygen atoms in total. The SMILES string of the molecule is CCOC(c1ccc(-c2cncc(F)c2)cc1)C(N)c1ccc(Cl)c(Cl)c1. The standard InChI is InChI=1S/C21H19Cl2FN2O/c1-2-27-21(20(25)15-7-8-18(22)19(23)10-15)14-5-3-13(4-6-14)16-9-17(24)12-26-11-16/h3-12,20-21H,2,25H2,1H3. The molecular weight excluding hydrogens is 386 g/mol. The van der Waals surface area contributed by atoms with Crippen molar-refractivity contribution in [2.24, 2.45) is 5.73 Å². The van der Waals surface area contributed by atoms with Crippen LogP contribution in [0.3, 0.4) is 0 Å². The molecule has 0 saturated heterocycles. The van der Waals surface area contributed by atoms with Crippen molar-refractivity contribution in [3.05, 3.63) is 87.9 Å². The first-order chi connectivity index (χ1) is 13.0. The van der Waals surface area contributed by atoms with Crippen molar-refractivity contribution in [2.75, 3.05) is 6.61 Å². The third kappa shape index (κ3) is 4.66. The first-order valence-electron chi connectivity index (χ1n) is 8.52. The van der Waals surface area contributed by atoms with E-state index in [9.17, 15) is 4.39 Å². The number of benzene rings is 2. The number of nitrogens with two attached hydrogens (primary N) is 1. The minimum atomic E-state index is -0.415. The number of halogens is 3. The Bertz CT molecular complexity index is 918. The molecule has 27 heavy (non-hydrogen) atoms. The Balaban J connectivity index is 1.89. The summed E-state index contributed by atoms with van der Waals surface area (Å²) in [6.07, 6.45) is 2.45. The third-order valence-electron chi connectivity index (χ3n) is 4.28. The number of ether oxygens (including phenoxy) is 1. The average Bonchev–Trinajstić information content (AvgIpc) is 2.68. The maximum Gasteiger partial charge on any atom is 0.142 e. The molecule has 0 spiro atoms. The highest BCUT2D eigenvalue weighted by Crippen LogP contribution is 2.34. The van der Waals surface area contributed by atoms with E-state index in [1.807, 2.05) is 37.3 Å². The van der Waals surface area contributed by atoms with Crippen LogP contribution < -0.4 is 5.73 Å². The summed E-state index contributed by atoms with van der Waals surface area (Å²) in [5.74, 6) is -0.370. The van der Waals surface area contributed by atoms with Crippen LogP contribution in [0.5, 0.6) is 0 Å². The van der Waals surface area contributed by atoms with E-state index in [2.05, 4.69) is 4.98 Å². The Hall–Kier alpha value is -1.98. The Morgan fingerprint density at radius 1 is 0.963 bits per heavy atom. The van der Waals surface area contributed by atoms with E-state index in [-0.39, 0.29) is 11.9 Å². The molecule has 0 fully saturated rings. The monoisotopic (exact) mass is 404 g/mol. The van der Waals surface area contributed by atoms with Crippen molar-refractivity contribution in [2.45, 2.75) is 19.1 Å². The molecule has 1 heterocycles. The largest absolute Gasteiger partial charge is 0.372 e. The van der Waals surface area contributed by atoms with Crippen LogP contribution in [0.1, 0.15) is 30.2 Å². The highest BCUT2D eigenvalue weighted by molar-refractivity contribution is 6.42. The highest BCUT2D eigenvalue weighted by Gasteiger charge is 2.22. The summed E-state index contributed by atoms with van der Waals surface area (Å²) >= 11 is 12.1. The predicted octanol–water partition coefficient (Wildman–Crippen LogP) is 5.97. The summed E-state index contributed by atoms with van der Waals surface area (Å²) in [5.41, 5.74) is 9.79. The molecule has 2 N–H and O–H groups in total. The van der Waals surface area contributed by atoms with Gasteiger partial charge in [0.25, 0.3) is 0 Å². The van der Waals surface area contributed by atoms with Crippen molar-refractivity contribution in [3.63, 3.8) is 0 Å². The van der Waals surface area contributed by atoms with Crippen molar-refractivity contribution in [1.29, 1.82) is 0 Å². The van der Waals surface area contributed by atoms with Crippen LogP contribution in [-0.2, 0) is 4.74 Å². The zero-order chi connectivity index (χ0) is 19.4. The van der Waals surface area contributed by atoms with Crippen LogP contribution in [0, 0.1) is 5.82 Å². The van der Waals surface area contributed by atoms with Crippen LogP contribution in [0.25, 0.3) is 11.1 Å². The van der Waals surface area contributed by atoms with Gasteiger partial charge in [0.2, 0.25) is 0 Å². The molecule has 1 aromatic heterocycles. The first-order valence-corrected chi connectivity index (χ1v) is 9.28. The van der Waals surface area contributed by atoms with E-state index in [0.717, 1.165) is 16.7 Å². The molecule has 0 aliphatic heterocycles. The maximum absolute atomic E-state index is 13.4. The highest BCUT2D eigenvalue weighted by atomic mass is 35.5. The third-order valence-corrected chi connectivity index (χ3v) is 5.02. The van der Waals surface area contributed by atoms with Gasteiger partial charge in [0, 0.05) is 18.4 Å². The van der Waals surface area contributed by atoms with Gasteiger partial charge in [-0.3, -0.25) is 4.98 Å². The molecule has 6 heteroatoms. The fourth-order valence-electron chi connectivity index (χ4n) is 2.92. The van der Waals surface area contributed by atoms with Gasteiger partial charge in [0.05, 0.1) is 22.3 Å². The Labute approximate surface area is 167 Å². The summed E-state index contributed by atoms with van der Waals surface area (Å²) in [4.78, 5) is 3.89. The van der Waals surface area contributed by atoms with Crippen LogP contribution >= 0.6 is 23.2 Å². The normalized spacial score (nSPS) is 13.4. The van der Waals surface area contributed by atoms with E-state index < -0.39 is 6.04 Å². The molecule has 2 aromatic carbocycles. The van der Waals surface area contributed by atoms with Gasteiger partial charge in [-0.15, -0.1) is 0 Å². The molecule has 3 rings (SSSR count). The molecule has 0 amide bonds. The van der Waals surface area contributed by atoms with Crippen molar-refractivity contribution in [1.82, 2.24) is 4.98 Å². The van der Waals surface area contributed by atoms with E-state index in [1.165, 1.54) is 12.3 Å². The second-order valence-electron chi connectivity index (χ2n) is 6.09. The summed E-state index contributed by atoms with van der Waals surface area (Å²) < 4.78 is 19.3. The molecule has 3 aromatic rings. The zero-order valence-electron chi connectivity index (χ0n) is 14.7. The van der Waals surface area contributed by atoms with Gasteiger partial charge in [-0.05, 0) is 41.8 Å². The van der Waals surface area contributed by atoms with E-state index in [0.29, 0.717) is 22.2 Å². The van der Waals surface area contributed by atoms with Gasteiger partial charge >= 0.3 is 0 Å². The molecule has 0 bridgehead atoms. The fourth-order valence-corrected chi connectivity index (χ4v) is 3.22. The van der Waals surface area contributed by atoms with Crippen molar-refractivity contribution >= 4 is 23.2 Å². The molecule has 2 unspecified atom stereocenters. The van der Waals surface area contributed by atoms with E-state index >= 15 is 0 Å². The van der Waals surface area contributed by atoms with Gasteiger partial charge in [0.1, 0.15) is 11.9 Å². The second-order valence-corrected chi connectivity index (χ2v) is 6.90. The summed E-state index contributed by atoms with van der Waals surface area (Å²) in [6.45, 7) is 2.43. The number of hydrogen-bond donors (Lipinski definition) is 1. The van der Waals surface area contributed by atoms with Gasteiger partial charge in [-0.1, -0.05) is 53.5 Å². The lowest BCUT2D eigenvalue weighted by atomic mass is 9.95. The smallest absolute Gasteiger partial charge is 0.142 e. The molecule has 140 valence electrons. The van der Waals surface area contributed by atoms with Gasteiger partial charge in [-0.25, -0.2) is 4.39 Å².